The van der Waals surface area contributed by atoms with E-state index in [4.69, 9.17) is 5.11 Å². The standard InChI is InChI=1S/C13H19N3O4S/c1-3-21(19,20)15-7-8-16(10(2)9-15)12-6-4-5-11(14-12)13(17)18/h4-6,10H,3,7-9H2,1-2H3,(H,17,18)/t10-/m1/s1. The second-order valence-electron chi connectivity index (χ2n) is 4.99. The fourth-order valence-electron chi connectivity index (χ4n) is 2.40. The van der Waals surface area contributed by atoms with Crippen LogP contribution >= 0.6 is 0 Å². The van der Waals surface area contributed by atoms with Crippen LogP contribution in [-0.2, 0) is 10.0 Å². The molecule has 0 amide bonds. The molecule has 0 aromatic carbocycles. The number of nitrogens with zero attached hydrogens (tertiary/aromatic N) is 3. The van der Waals surface area contributed by atoms with Crippen LogP contribution in [0, 0.1) is 0 Å². The number of hydrogen-bond acceptors (Lipinski definition) is 5. The van der Waals surface area contributed by atoms with Gasteiger partial charge in [-0.05, 0) is 26.0 Å². The molecule has 0 aliphatic carbocycles. The molecule has 2 rings (SSSR count). The van der Waals surface area contributed by atoms with E-state index < -0.39 is 16.0 Å². The van der Waals surface area contributed by atoms with Crippen LogP contribution in [0.15, 0.2) is 18.2 Å². The summed E-state index contributed by atoms with van der Waals surface area (Å²) in [6, 6.07) is 4.77. The highest BCUT2D eigenvalue weighted by Crippen LogP contribution is 2.20. The smallest absolute Gasteiger partial charge is 0.354 e. The van der Waals surface area contributed by atoms with Crippen molar-refractivity contribution in [2.24, 2.45) is 0 Å². The van der Waals surface area contributed by atoms with E-state index in [2.05, 4.69) is 4.98 Å². The van der Waals surface area contributed by atoms with Gasteiger partial charge < -0.3 is 10.0 Å². The zero-order chi connectivity index (χ0) is 15.6. The Morgan fingerprint density at radius 2 is 2.14 bits per heavy atom. The average molecular weight is 313 g/mol. The van der Waals surface area contributed by atoms with Gasteiger partial charge in [-0.3, -0.25) is 0 Å². The van der Waals surface area contributed by atoms with Crippen molar-refractivity contribution in [3.8, 4) is 0 Å². The first-order chi connectivity index (χ1) is 9.85. The van der Waals surface area contributed by atoms with Gasteiger partial charge in [0, 0.05) is 25.7 Å². The molecule has 1 aliphatic rings. The van der Waals surface area contributed by atoms with E-state index in [1.165, 1.54) is 10.4 Å². The highest BCUT2D eigenvalue weighted by Gasteiger charge is 2.30. The van der Waals surface area contributed by atoms with Crippen molar-refractivity contribution in [3.05, 3.63) is 23.9 Å². The van der Waals surface area contributed by atoms with E-state index in [0.29, 0.717) is 25.5 Å². The minimum absolute atomic E-state index is 0.0108. The van der Waals surface area contributed by atoms with E-state index in [1.807, 2.05) is 11.8 Å². The highest BCUT2D eigenvalue weighted by atomic mass is 32.2. The maximum absolute atomic E-state index is 11.9. The minimum atomic E-state index is -3.19. The third-order valence-corrected chi connectivity index (χ3v) is 5.44. The van der Waals surface area contributed by atoms with Crippen molar-refractivity contribution in [1.29, 1.82) is 0 Å². The lowest BCUT2D eigenvalue weighted by Gasteiger charge is -2.39. The number of hydrogen-bond donors (Lipinski definition) is 1. The summed E-state index contributed by atoms with van der Waals surface area (Å²) in [5.41, 5.74) is -0.0108. The summed E-state index contributed by atoms with van der Waals surface area (Å²) in [4.78, 5) is 17.0. The Balaban J connectivity index is 2.18. The van der Waals surface area contributed by atoms with Gasteiger partial charge in [0.2, 0.25) is 10.0 Å². The van der Waals surface area contributed by atoms with Gasteiger partial charge in [-0.25, -0.2) is 18.2 Å². The fourth-order valence-corrected chi connectivity index (χ4v) is 3.57. The molecule has 1 saturated heterocycles. The summed E-state index contributed by atoms with van der Waals surface area (Å²) in [6.45, 7) is 4.81. The van der Waals surface area contributed by atoms with Crippen LogP contribution in [0.5, 0.6) is 0 Å². The lowest BCUT2D eigenvalue weighted by Crippen LogP contribution is -2.54. The van der Waals surface area contributed by atoms with Gasteiger partial charge in [-0.15, -0.1) is 0 Å². The number of anilines is 1. The molecule has 1 aliphatic heterocycles. The first-order valence-corrected chi connectivity index (χ1v) is 8.41. The molecular weight excluding hydrogens is 294 g/mol. The van der Waals surface area contributed by atoms with Crippen molar-refractivity contribution < 1.29 is 18.3 Å². The Bertz CT molecular complexity index is 632. The third kappa shape index (κ3) is 3.33. The third-order valence-electron chi connectivity index (χ3n) is 3.60. The van der Waals surface area contributed by atoms with Crippen LogP contribution in [0.2, 0.25) is 0 Å². The summed E-state index contributed by atoms with van der Waals surface area (Å²) in [5.74, 6) is -0.417. The lowest BCUT2D eigenvalue weighted by atomic mass is 10.2. The number of piperazine rings is 1. The Labute approximate surface area is 124 Å². The van der Waals surface area contributed by atoms with Crippen molar-refractivity contribution in [2.45, 2.75) is 19.9 Å². The number of carboxylic acid groups (broad SMARTS) is 1. The molecule has 21 heavy (non-hydrogen) atoms. The molecule has 1 atom stereocenters. The second-order valence-corrected chi connectivity index (χ2v) is 7.24. The molecule has 0 unspecified atom stereocenters. The number of carboxylic acids is 1. The molecule has 1 aromatic rings. The maximum Gasteiger partial charge on any atom is 0.354 e. The van der Waals surface area contributed by atoms with Gasteiger partial charge in [0.05, 0.1) is 5.75 Å². The highest BCUT2D eigenvalue weighted by molar-refractivity contribution is 7.89. The molecule has 1 aromatic heterocycles. The predicted octanol–water partition coefficient (Wildman–Crippen LogP) is 0.640. The van der Waals surface area contributed by atoms with Gasteiger partial charge in [0.1, 0.15) is 5.82 Å². The van der Waals surface area contributed by atoms with Crippen molar-refractivity contribution in [1.82, 2.24) is 9.29 Å². The zero-order valence-corrected chi connectivity index (χ0v) is 12.9. The van der Waals surface area contributed by atoms with E-state index in [-0.39, 0.29) is 17.5 Å². The van der Waals surface area contributed by atoms with Crippen molar-refractivity contribution in [2.75, 3.05) is 30.3 Å². The summed E-state index contributed by atoms with van der Waals surface area (Å²) in [6.07, 6.45) is 0. The lowest BCUT2D eigenvalue weighted by molar-refractivity contribution is 0.0690. The predicted molar refractivity (Wildman–Crippen MR) is 79.0 cm³/mol. The number of pyridine rings is 1. The molecule has 7 nitrogen and oxygen atoms in total. The summed E-state index contributed by atoms with van der Waals surface area (Å²) < 4.78 is 25.3. The van der Waals surface area contributed by atoms with Crippen LogP contribution in [0.4, 0.5) is 5.82 Å². The minimum Gasteiger partial charge on any atom is -0.477 e. The molecule has 0 saturated carbocycles. The number of aromatic carboxylic acids is 1. The molecule has 1 N–H and O–H groups in total. The average Bonchev–Trinajstić information content (AvgIpc) is 2.47. The normalized spacial score (nSPS) is 20.5. The van der Waals surface area contributed by atoms with E-state index in [0.717, 1.165) is 0 Å². The molecule has 116 valence electrons. The molecule has 0 bridgehead atoms. The number of rotatable bonds is 4. The van der Waals surface area contributed by atoms with Crippen molar-refractivity contribution >= 4 is 21.8 Å². The number of carbonyl (C=O) groups is 1. The van der Waals surface area contributed by atoms with Crippen LogP contribution in [-0.4, -0.2) is 60.2 Å². The van der Waals surface area contributed by atoms with Crippen LogP contribution in [0.3, 0.4) is 0 Å². The van der Waals surface area contributed by atoms with E-state index >= 15 is 0 Å². The zero-order valence-electron chi connectivity index (χ0n) is 12.1. The van der Waals surface area contributed by atoms with Crippen molar-refractivity contribution in [3.63, 3.8) is 0 Å². The Kier molecular flexibility index (Phi) is 4.48. The molecule has 0 spiro atoms. The molecule has 0 radical (unpaired) electrons. The van der Waals surface area contributed by atoms with Gasteiger partial charge >= 0.3 is 5.97 Å². The first-order valence-electron chi connectivity index (χ1n) is 6.80. The van der Waals surface area contributed by atoms with Crippen LogP contribution in [0.25, 0.3) is 0 Å². The summed E-state index contributed by atoms with van der Waals surface area (Å²) in [5, 5.41) is 8.99. The Morgan fingerprint density at radius 1 is 1.43 bits per heavy atom. The monoisotopic (exact) mass is 313 g/mol. The summed E-state index contributed by atoms with van der Waals surface area (Å²) in [7, 11) is -3.19. The van der Waals surface area contributed by atoms with E-state index in [1.54, 1.807) is 19.1 Å². The molecule has 2 heterocycles. The topological polar surface area (TPSA) is 90.8 Å². The number of sulfonamides is 1. The SMILES string of the molecule is CCS(=O)(=O)N1CCN(c2cccc(C(=O)O)n2)[C@H](C)C1. The summed E-state index contributed by atoms with van der Waals surface area (Å²) >= 11 is 0. The first kappa shape index (κ1) is 15.7. The maximum atomic E-state index is 11.9. The van der Waals surface area contributed by atoms with Crippen LogP contribution < -0.4 is 4.90 Å². The van der Waals surface area contributed by atoms with Gasteiger partial charge in [0.25, 0.3) is 0 Å². The Morgan fingerprint density at radius 3 is 2.71 bits per heavy atom. The molecular formula is C13H19N3O4S. The largest absolute Gasteiger partial charge is 0.477 e. The quantitative estimate of drug-likeness (QED) is 0.877. The van der Waals surface area contributed by atoms with E-state index in [9.17, 15) is 13.2 Å². The fraction of sp³-hybridized carbons (Fsp3) is 0.538. The second kappa shape index (κ2) is 5.98. The molecule has 8 heteroatoms. The van der Waals surface area contributed by atoms with Gasteiger partial charge in [0.15, 0.2) is 5.69 Å². The Hall–Kier alpha value is -1.67. The van der Waals surface area contributed by atoms with Gasteiger partial charge in [-0.1, -0.05) is 6.07 Å². The number of aromatic nitrogens is 1. The van der Waals surface area contributed by atoms with Crippen LogP contribution in [0.1, 0.15) is 24.3 Å². The van der Waals surface area contributed by atoms with Gasteiger partial charge in [-0.2, -0.15) is 4.31 Å². The molecule has 1 fully saturated rings.